The number of hydrogen-bond donors (Lipinski definition) is 0. The summed E-state index contributed by atoms with van der Waals surface area (Å²) in [7, 11) is 0. The fourth-order valence-electron chi connectivity index (χ4n) is 2.17. The van der Waals surface area contributed by atoms with E-state index in [0.29, 0.717) is 13.2 Å². The van der Waals surface area contributed by atoms with Crippen LogP contribution in [0.1, 0.15) is 18.9 Å². The van der Waals surface area contributed by atoms with Gasteiger partial charge in [0.15, 0.2) is 0 Å². The summed E-state index contributed by atoms with van der Waals surface area (Å²) in [6, 6.07) is 7.65. The van der Waals surface area contributed by atoms with E-state index in [9.17, 15) is 0 Å². The van der Waals surface area contributed by atoms with Crippen LogP contribution in [0.5, 0.6) is 0 Å². The molecular weight excluding hydrogens is 248 g/mol. The molecule has 0 amide bonds. The molecule has 1 fully saturated rings. The van der Waals surface area contributed by atoms with Gasteiger partial charge in [-0.05, 0) is 24.1 Å². The molecule has 3 unspecified atom stereocenters. The van der Waals surface area contributed by atoms with Gasteiger partial charge in [-0.1, -0.05) is 36.6 Å². The second-order valence-electron chi connectivity index (χ2n) is 4.46. The minimum absolute atomic E-state index is 0.00400. The van der Waals surface area contributed by atoms with Crippen LogP contribution in [0.2, 0.25) is 5.02 Å². The Morgan fingerprint density at radius 1 is 1.44 bits per heavy atom. The highest BCUT2D eigenvalue weighted by Gasteiger charge is 2.35. The Balaban J connectivity index is 1.95. The summed E-state index contributed by atoms with van der Waals surface area (Å²) < 4.78 is 11.6. The minimum atomic E-state index is -0.00400. The summed E-state index contributed by atoms with van der Waals surface area (Å²) in [6.07, 6.45) is 6.53. The van der Waals surface area contributed by atoms with Crippen molar-refractivity contribution in [2.45, 2.75) is 32.2 Å². The average molecular weight is 265 g/mol. The van der Waals surface area contributed by atoms with Crippen LogP contribution < -0.4 is 0 Å². The van der Waals surface area contributed by atoms with Gasteiger partial charge in [0.1, 0.15) is 0 Å². The standard InChI is InChI=1S/C15H17ClO2/c1-3-12-10-17-14(4-2)15(12)18-9-11-5-7-13(16)8-6-11/h1,5-8,12,14-15H,4,9-10H2,2H3. The second-order valence-corrected chi connectivity index (χ2v) is 4.89. The van der Waals surface area contributed by atoms with E-state index < -0.39 is 0 Å². The first-order valence-corrected chi connectivity index (χ1v) is 6.56. The van der Waals surface area contributed by atoms with Gasteiger partial charge < -0.3 is 9.47 Å². The first-order chi connectivity index (χ1) is 8.74. The van der Waals surface area contributed by atoms with Crippen LogP contribution in [0, 0.1) is 18.3 Å². The Kier molecular flexibility index (Phi) is 4.66. The smallest absolute Gasteiger partial charge is 0.1000 e. The van der Waals surface area contributed by atoms with E-state index in [-0.39, 0.29) is 18.1 Å². The number of hydrogen-bond acceptors (Lipinski definition) is 2. The van der Waals surface area contributed by atoms with E-state index in [1.165, 1.54) is 0 Å². The molecule has 18 heavy (non-hydrogen) atoms. The van der Waals surface area contributed by atoms with Gasteiger partial charge in [0, 0.05) is 5.02 Å². The van der Waals surface area contributed by atoms with Crippen LogP contribution >= 0.6 is 11.6 Å². The highest BCUT2D eigenvalue weighted by Crippen LogP contribution is 2.26. The molecule has 1 saturated heterocycles. The highest BCUT2D eigenvalue weighted by atomic mass is 35.5. The van der Waals surface area contributed by atoms with Crippen LogP contribution in [0.15, 0.2) is 24.3 Å². The lowest BCUT2D eigenvalue weighted by molar-refractivity contribution is -0.0235. The fourth-order valence-corrected chi connectivity index (χ4v) is 2.29. The molecule has 1 heterocycles. The highest BCUT2D eigenvalue weighted by molar-refractivity contribution is 6.30. The minimum Gasteiger partial charge on any atom is -0.374 e. The maximum Gasteiger partial charge on any atom is 0.1000 e. The first kappa shape index (κ1) is 13.4. The molecule has 2 nitrogen and oxygen atoms in total. The molecule has 0 saturated carbocycles. The maximum atomic E-state index is 5.93. The Bertz CT molecular complexity index is 421. The third-order valence-electron chi connectivity index (χ3n) is 3.23. The molecule has 1 aromatic carbocycles. The fraction of sp³-hybridized carbons (Fsp3) is 0.467. The molecule has 1 aromatic rings. The molecule has 0 bridgehead atoms. The molecule has 1 aliphatic heterocycles. The van der Waals surface area contributed by atoms with E-state index in [2.05, 4.69) is 12.8 Å². The monoisotopic (exact) mass is 264 g/mol. The lowest BCUT2D eigenvalue weighted by Gasteiger charge is -2.20. The predicted octanol–water partition coefficient (Wildman–Crippen LogP) is 3.28. The zero-order valence-electron chi connectivity index (χ0n) is 10.4. The number of ether oxygens (including phenoxy) is 2. The Hall–Kier alpha value is -1.01. The van der Waals surface area contributed by atoms with Gasteiger partial charge in [-0.25, -0.2) is 0 Å². The topological polar surface area (TPSA) is 18.5 Å². The molecule has 2 rings (SSSR count). The Morgan fingerprint density at radius 3 is 2.78 bits per heavy atom. The van der Waals surface area contributed by atoms with E-state index >= 15 is 0 Å². The van der Waals surface area contributed by atoms with Gasteiger partial charge in [-0.2, -0.15) is 0 Å². The van der Waals surface area contributed by atoms with Crippen molar-refractivity contribution in [3.8, 4) is 12.3 Å². The quantitative estimate of drug-likeness (QED) is 0.777. The normalized spacial score (nSPS) is 27.1. The summed E-state index contributed by atoms with van der Waals surface area (Å²) in [6.45, 7) is 3.22. The van der Waals surface area contributed by atoms with Crippen molar-refractivity contribution in [1.29, 1.82) is 0 Å². The zero-order valence-corrected chi connectivity index (χ0v) is 11.2. The van der Waals surface area contributed by atoms with Crippen LogP contribution in [-0.4, -0.2) is 18.8 Å². The summed E-state index contributed by atoms with van der Waals surface area (Å²) in [4.78, 5) is 0. The van der Waals surface area contributed by atoms with E-state index in [0.717, 1.165) is 17.0 Å². The van der Waals surface area contributed by atoms with Gasteiger partial charge in [-0.15, -0.1) is 6.42 Å². The molecule has 96 valence electrons. The largest absolute Gasteiger partial charge is 0.374 e. The Morgan fingerprint density at radius 2 is 2.17 bits per heavy atom. The summed E-state index contributed by atoms with van der Waals surface area (Å²) in [5.74, 6) is 2.81. The summed E-state index contributed by atoms with van der Waals surface area (Å²) in [5.41, 5.74) is 1.09. The summed E-state index contributed by atoms with van der Waals surface area (Å²) in [5, 5.41) is 0.732. The molecular formula is C15H17ClO2. The molecule has 1 aliphatic rings. The second kappa shape index (κ2) is 6.24. The van der Waals surface area contributed by atoms with Gasteiger partial charge in [0.2, 0.25) is 0 Å². The third-order valence-corrected chi connectivity index (χ3v) is 3.48. The SMILES string of the molecule is C#CC1COC(CC)C1OCc1ccc(Cl)cc1. The molecule has 0 aromatic heterocycles. The third kappa shape index (κ3) is 3.05. The molecule has 0 aliphatic carbocycles. The van der Waals surface area contributed by atoms with E-state index in [4.69, 9.17) is 27.5 Å². The van der Waals surface area contributed by atoms with Crippen molar-refractivity contribution < 1.29 is 9.47 Å². The van der Waals surface area contributed by atoms with Crippen molar-refractivity contribution in [2.24, 2.45) is 5.92 Å². The predicted molar refractivity (Wildman–Crippen MR) is 72.4 cm³/mol. The van der Waals surface area contributed by atoms with Crippen molar-refractivity contribution in [2.75, 3.05) is 6.61 Å². The van der Waals surface area contributed by atoms with E-state index in [1.807, 2.05) is 24.3 Å². The van der Waals surface area contributed by atoms with Crippen molar-refractivity contribution in [3.63, 3.8) is 0 Å². The molecule has 0 radical (unpaired) electrons. The van der Waals surface area contributed by atoms with Crippen LogP contribution in [0.3, 0.4) is 0 Å². The molecule has 0 N–H and O–H groups in total. The van der Waals surface area contributed by atoms with Gasteiger partial charge in [-0.3, -0.25) is 0 Å². The van der Waals surface area contributed by atoms with Crippen LogP contribution in [0.25, 0.3) is 0 Å². The number of terminal acetylenes is 1. The lowest BCUT2D eigenvalue weighted by atomic mass is 10.0. The average Bonchev–Trinajstić information content (AvgIpc) is 2.80. The van der Waals surface area contributed by atoms with Crippen LogP contribution in [0.4, 0.5) is 0 Å². The molecule has 0 spiro atoms. The number of rotatable bonds is 4. The van der Waals surface area contributed by atoms with Crippen LogP contribution in [-0.2, 0) is 16.1 Å². The lowest BCUT2D eigenvalue weighted by Crippen LogP contribution is -2.28. The van der Waals surface area contributed by atoms with Crippen molar-refractivity contribution >= 4 is 11.6 Å². The number of halogens is 1. The summed E-state index contributed by atoms with van der Waals surface area (Å²) >= 11 is 5.84. The zero-order chi connectivity index (χ0) is 13.0. The van der Waals surface area contributed by atoms with E-state index in [1.54, 1.807) is 0 Å². The van der Waals surface area contributed by atoms with Gasteiger partial charge >= 0.3 is 0 Å². The number of benzene rings is 1. The maximum absolute atomic E-state index is 5.93. The Labute approximate surface area is 113 Å². The van der Waals surface area contributed by atoms with Gasteiger partial charge in [0.25, 0.3) is 0 Å². The van der Waals surface area contributed by atoms with Crippen molar-refractivity contribution in [3.05, 3.63) is 34.9 Å². The molecule has 3 heteroatoms. The van der Waals surface area contributed by atoms with Gasteiger partial charge in [0.05, 0.1) is 31.3 Å². The first-order valence-electron chi connectivity index (χ1n) is 6.18. The van der Waals surface area contributed by atoms with Crippen molar-refractivity contribution in [1.82, 2.24) is 0 Å². The molecule has 3 atom stereocenters.